The number of ether oxygens (including phenoxy) is 3. The third kappa shape index (κ3) is 2.20. The van der Waals surface area contributed by atoms with Crippen molar-refractivity contribution in [2.24, 2.45) is 5.16 Å². The van der Waals surface area contributed by atoms with Crippen molar-refractivity contribution >= 4 is 5.71 Å². The highest BCUT2D eigenvalue weighted by molar-refractivity contribution is 6.02. The Hall–Kier alpha value is -1.91. The average Bonchev–Trinajstić information content (AvgIpc) is 2.83. The van der Waals surface area contributed by atoms with E-state index in [1.54, 1.807) is 21.3 Å². The van der Waals surface area contributed by atoms with Gasteiger partial charge < -0.3 is 19.0 Å². The molecule has 0 amide bonds. The molecular formula is C13H17NO4. The molecule has 1 aliphatic heterocycles. The first kappa shape index (κ1) is 12.5. The average molecular weight is 251 g/mol. The summed E-state index contributed by atoms with van der Waals surface area (Å²) in [7, 11) is 4.77. The van der Waals surface area contributed by atoms with E-state index < -0.39 is 0 Å². The van der Waals surface area contributed by atoms with E-state index in [-0.39, 0.29) is 6.10 Å². The Morgan fingerprint density at radius 3 is 2.11 bits per heavy atom. The second-order valence-corrected chi connectivity index (χ2v) is 4.07. The van der Waals surface area contributed by atoms with Crippen LogP contribution in [0.4, 0.5) is 0 Å². The maximum absolute atomic E-state index is 5.30. The van der Waals surface area contributed by atoms with Crippen molar-refractivity contribution in [3.63, 3.8) is 0 Å². The molecule has 1 atom stereocenters. The van der Waals surface area contributed by atoms with E-state index in [2.05, 4.69) is 5.16 Å². The Bertz CT molecular complexity index is 445. The number of hydrogen-bond acceptors (Lipinski definition) is 5. The second kappa shape index (κ2) is 5.16. The van der Waals surface area contributed by atoms with E-state index in [9.17, 15) is 0 Å². The number of benzene rings is 1. The van der Waals surface area contributed by atoms with Crippen molar-refractivity contribution in [3.05, 3.63) is 17.7 Å². The van der Waals surface area contributed by atoms with Crippen LogP contribution in [0.3, 0.4) is 0 Å². The summed E-state index contributed by atoms with van der Waals surface area (Å²) in [6.07, 6.45) is 0.887. The first-order valence-corrected chi connectivity index (χ1v) is 5.72. The minimum atomic E-state index is 0.110. The molecular weight excluding hydrogens is 234 g/mol. The molecule has 0 bridgehead atoms. The SMILES string of the molecule is COc1cc(C2=NOC(C)C2)cc(OC)c1OC. The fourth-order valence-corrected chi connectivity index (χ4v) is 1.92. The third-order valence-corrected chi connectivity index (χ3v) is 2.82. The van der Waals surface area contributed by atoms with Gasteiger partial charge in [-0.25, -0.2) is 0 Å². The highest BCUT2D eigenvalue weighted by atomic mass is 16.6. The van der Waals surface area contributed by atoms with E-state index in [0.717, 1.165) is 17.7 Å². The fourth-order valence-electron chi connectivity index (χ4n) is 1.92. The van der Waals surface area contributed by atoms with Crippen LogP contribution in [0.5, 0.6) is 17.2 Å². The summed E-state index contributed by atoms with van der Waals surface area (Å²) in [6, 6.07) is 3.75. The van der Waals surface area contributed by atoms with Crippen LogP contribution in [-0.2, 0) is 4.84 Å². The molecule has 18 heavy (non-hydrogen) atoms. The molecule has 2 rings (SSSR count). The Kier molecular flexibility index (Phi) is 3.60. The molecule has 0 aliphatic carbocycles. The Labute approximate surface area is 106 Å². The van der Waals surface area contributed by atoms with Crippen molar-refractivity contribution in [1.29, 1.82) is 0 Å². The van der Waals surface area contributed by atoms with Crippen molar-refractivity contribution in [3.8, 4) is 17.2 Å². The Morgan fingerprint density at radius 2 is 1.72 bits per heavy atom. The van der Waals surface area contributed by atoms with E-state index in [1.807, 2.05) is 19.1 Å². The van der Waals surface area contributed by atoms with Gasteiger partial charge in [-0.05, 0) is 19.1 Å². The number of nitrogens with zero attached hydrogens (tertiary/aromatic N) is 1. The lowest BCUT2D eigenvalue weighted by atomic mass is 10.0. The third-order valence-electron chi connectivity index (χ3n) is 2.82. The molecule has 0 N–H and O–H groups in total. The second-order valence-electron chi connectivity index (χ2n) is 4.07. The molecule has 0 spiro atoms. The van der Waals surface area contributed by atoms with Gasteiger partial charge in [0.15, 0.2) is 11.5 Å². The standard InChI is InChI=1S/C13H17NO4/c1-8-5-10(14-18-8)9-6-11(15-2)13(17-4)12(7-9)16-3/h6-8H,5H2,1-4H3. The summed E-state index contributed by atoms with van der Waals surface area (Å²) in [5.41, 5.74) is 1.82. The summed E-state index contributed by atoms with van der Waals surface area (Å²) in [5.74, 6) is 1.82. The van der Waals surface area contributed by atoms with Gasteiger partial charge in [-0.15, -0.1) is 0 Å². The van der Waals surface area contributed by atoms with Gasteiger partial charge in [-0.3, -0.25) is 0 Å². The number of rotatable bonds is 4. The smallest absolute Gasteiger partial charge is 0.203 e. The van der Waals surface area contributed by atoms with E-state index in [1.165, 1.54) is 0 Å². The van der Waals surface area contributed by atoms with Crippen LogP contribution in [0.25, 0.3) is 0 Å². The van der Waals surface area contributed by atoms with Crippen molar-refractivity contribution in [1.82, 2.24) is 0 Å². The van der Waals surface area contributed by atoms with Gasteiger partial charge in [0, 0.05) is 12.0 Å². The number of hydrogen-bond donors (Lipinski definition) is 0. The van der Waals surface area contributed by atoms with E-state index >= 15 is 0 Å². The van der Waals surface area contributed by atoms with Crippen LogP contribution in [0, 0.1) is 0 Å². The predicted molar refractivity (Wildman–Crippen MR) is 67.8 cm³/mol. The molecule has 1 heterocycles. The van der Waals surface area contributed by atoms with Crippen LogP contribution in [0.1, 0.15) is 18.9 Å². The number of methoxy groups -OCH3 is 3. The zero-order valence-corrected chi connectivity index (χ0v) is 11.0. The monoisotopic (exact) mass is 251 g/mol. The van der Waals surface area contributed by atoms with Crippen molar-refractivity contribution < 1.29 is 19.0 Å². The molecule has 0 aromatic heterocycles. The molecule has 0 saturated heterocycles. The lowest BCUT2D eigenvalue weighted by Crippen LogP contribution is -2.05. The van der Waals surface area contributed by atoms with Gasteiger partial charge in [0.2, 0.25) is 5.75 Å². The predicted octanol–water partition coefficient (Wildman–Crippen LogP) is 2.23. The highest BCUT2D eigenvalue weighted by Gasteiger charge is 2.21. The fraction of sp³-hybridized carbons (Fsp3) is 0.462. The topological polar surface area (TPSA) is 49.3 Å². The summed E-state index contributed by atoms with van der Waals surface area (Å²) < 4.78 is 15.9. The molecule has 1 unspecified atom stereocenters. The first-order valence-electron chi connectivity index (χ1n) is 5.72. The Morgan fingerprint density at radius 1 is 1.11 bits per heavy atom. The van der Waals surface area contributed by atoms with Crippen LogP contribution in [-0.4, -0.2) is 33.1 Å². The Balaban J connectivity index is 2.44. The zero-order chi connectivity index (χ0) is 13.1. The van der Waals surface area contributed by atoms with Gasteiger partial charge in [0.05, 0.1) is 27.0 Å². The molecule has 1 aromatic rings. The van der Waals surface area contributed by atoms with Crippen LogP contribution in [0.15, 0.2) is 17.3 Å². The van der Waals surface area contributed by atoms with Gasteiger partial charge in [-0.1, -0.05) is 5.16 Å². The van der Waals surface area contributed by atoms with Crippen molar-refractivity contribution in [2.75, 3.05) is 21.3 Å². The lowest BCUT2D eigenvalue weighted by Gasteiger charge is -2.13. The summed E-state index contributed by atoms with van der Waals surface area (Å²) in [5, 5.41) is 4.06. The maximum atomic E-state index is 5.30. The van der Waals surface area contributed by atoms with Gasteiger partial charge >= 0.3 is 0 Å². The van der Waals surface area contributed by atoms with Crippen molar-refractivity contribution in [2.45, 2.75) is 19.4 Å². The number of oxime groups is 1. The summed E-state index contributed by atoms with van der Waals surface area (Å²) in [6.45, 7) is 1.98. The molecule has 0 fully saturated rings. The molecule has 0 saturated carbocycles. The molecule has 5 heteroatoms. The molecule has 0 radical (unpaired) electrons. The first-order chi connectivity index (χ1) is 8.69. The minimum absolute atomic E-state index is 0.110. The van der Waals surface area contributed by atoms with Gasteiger partial charge in [0.25, 0.3) is 0 Å². The minimum Gasteiger partial charge on any atom is -0.493 e. The molecule has 98 valence electrons. The normalized spacial score (nSPS) is 18.0. The quantitative estimate of drug-likeness (QED) is 0.823. The zero-order valence-electron chi connectivity index (χ0n) is 11.0. The maximum Gasteiger partial charge on any atom is 0.203 e. The van der Waals surface area contributed by atoms with E-state index in [4.69, 9.17) is 19.0 Å². The largest absolute Gasteiger partial charge is 0.493 e. The van der Waals surface area contributed by atoms with Gasteiger partial charge in [0.1, 0.15) is 6.10 Å². The van der Waals surface area contributed by atoms with E-state index in [0.29, 0.717) is 17.2 Å². The molecule has 5 nitrogen and oxygen atoms in total. The summed E-state index contributed by atoms with van der Waals surface area (Å²) >= 11 is 0. The molecule has 1 aliphatic rings. The van der Waals surface area contributed by atoms with Crippen LogP contribution < -0.4 is 14.2 Å². The summed E-state index contributed by atoms with van der Waals surface area (Å²) in [4.78, 5) is 5.20. The lowest BCUT2D eigenvalue weighted by molar-refractivity contribution is 0.0995. The highest BCUT2D eigenvalue weighted by Crippen LogP contribution is 2.39. The van der Waals surface area contributed by atoms with Crippen LogP contribution >= 0.6 is 0 Å². The van der Waals surface area contributed by atoms with Crippen LogP contribution in [0.2, 0.25) is 0 Å². The molecule has 1 aromatic carbocycles. The van der Waals surface area contributed by atoms with Gasteiger partial charge in [-0.2, -0.15) is 0 Å².